The van der Waals surface area contributed by atoms with Crippen molar-refractivity contribution in [3.63, 3.8) is 0 Å². The Morgan fingerprint density at radius 3 is 0.893 bits per heavy atom. The minimum atomic E-state index is -2.25. The Kier molecular flexibility index (Phi) is 66.5. The van der Waals surface area contributed by atoms with Crippen LogP contribution in [0.2, 0.25) is 36.3 Å². The molecule has 10 atom stereocenters. The fourth-order valence-electron chi connectivity index (χ4n) is 12.5. The van der Waals surface area contributed by atoms with Crippen LogP contribution in [-0.2, 0) is 145 Å². The molecular weight excluding hydrogens is 1840 g/mol. The van der Waals surface area contributed by atoms with E-state index in [9.17, 15) is 67.4 Å². The van der Waals surface area contributed by atoms with Crippen LogP contribution in [0.25, 0.3) is 0 Å². The number of hydrogen-bond donors (Lipinski definition) is 1. The summed E-state index contributed by atoms with van der Waals surface area (Å²) in [6, 6.07) is 39.6. The van der Waals surface area contributed by atoms with Crippen molar-refractivity contribution in [1.29, 1.82) is 0 Å². The van der Waals surface area contributed by atoms with Crippen molar-refractivity contribution in [3.8, 4) is 0 Å². The number of carbonyl (C=O) groups excluding carboxylic acids is 13. The fraction of sp³-hybridized carbons (Fsp3) is 0.667. The number of aldehydes is 1. The maximum Gasteiger partial charge on any atom is 0.319 e. The molecule has 0 spiro atoms. The Balaban J connectivity index is -0.000000814. The second-order valence-corrected chi connectivity index (χ2v) is 52.6. The summed E-state index contributed by atoms with van der Waals surface area (Å²) in [5, 5.41) is 10.1. The van der Waals surface area contributed by atoms with E-state index in [0.717, 1.165) is 28.5 Å². The number of aliphatic hydroxyl groups excluding tert-OH is 1. The van der Waals surface area contributed by atoms with Gasteiger partial charge in [-0.05, 0) is 195 Å². The van der Waals surface area contributed by atoms with E-state index in [1.165, 1.54) is 20.8 Å². The minimum absolute atomic E-state index is 0.00467. The van der Waals surface area contributed by atoms with E-state index in [2.05, 4.69) is 79.4 Å². The first-order chi connectivity index (χ1) is 64.2. The number of hydrogen-bond acceptors (Lipinski definition) is 26. The van der Waals surface area contributed by atoms with Gasteiger partial charge in [0.1, 0.15) is 45.9 Å². The zero-order valence-electron chi connectivity index (χ0n) is 93.1. The summed E-state index contributed by atoms with van der Waals surface area (Å²) < 4.78 is 66.3. The Bertz CT molecular complexity index is 4250. The molecule has 0 heterocycles. The zero-order valence-corrected chi connectivity index (χ0v) is 95.9. The fourth-order valence-corrected chi connectivity index (χ4v) is 15.4. The first kappa shape index (κ1) is 138. The van der Waals surface area contributed by atoms with Gasteiger partial charge in [0, 0.05) is 61.2 Å². The summed E-state index contributed by atoms with van der Waals surface area (Å²) in [4.78, 5) is 153. The van der Waals surface area contributed by atoms with Crippen molar-refractivity contribution < 1.29 is 124 Å². The van der Waals surface area contributed by atoms with Crippen LogP contribution in [0.5, 0.6) is 0 Å². The van der Waals surface area contributed by atoms with E-state index < -0.39 is 110 Å². The van der Waals surface area contributed by atoms with E-state index in [4.69, 9.17) is 63.1 Å². The Morgan fingerprint density at radius 1 is 0.371 bits per heavy atom. The second-order valence-electron chi connectivity index (χ2n) is 42.6. The van der Waals surface area contributed by atoms with Crippen LogP contribution in [0.4, 0.5) is 0 Å². The summed E-state index contributed by atoms with van der Waals surface area (Å²) in [5.74, 6) is -5.78. The van der Waals surface area contributed by atoms with Gasteiger partial charge in [-0.3, -0.25) is 57.5 Å². The molecule has 0 aliphatic heterocycles. The standard InChI is InChI=1S/C30H50O6Si.C26H44O5Si.C20H30O5.C11H14O2.C9H16O3.2C6H12O2.C3H5ClO/c1-21(19-34-20-23-16-14-13-15-17-23)26(36-37(11,12)29(6,7)8)22(2)27(33)30(9,10)24(31)18-25(32)35-28(3,4)5;1-11-30-24(28)26(7,8)23(27)20(3)22(31-32(9,10)25(4,5)6)19(2)17-29-18-21-15-13-12-14-16-21;1-6-25-19(23)20(4,5)18(22)15(3)17(21)14(2)12-24-13-16-10-8-7-9-11-16;1-10(7-12)8-13-9-11-5-3-2-4-6-11;1-5-7(10)9(3,4)8(11)12-6-2;1-5(7)8-6(2,3)4;1-4-8-6(7)5(2)3;1-2-3(4)5/h13-17,21-22,26H,18-20H2,1-12H3;12-16,19-20,22H,11,17-18H2,1-10H3;7-11,14-15,17,21H,6,12-13H2,1-5H3;2-7,10H,8-9H2,1H3;5-6H2,1-4H3;1-4H3;5H,4H2,1-3H3;2H2,1H3/t21-,22+,26+;19-,20+,22+;14-,15+,17-;10-;;;;/m0001..../s1. The van der Waals surface area contributed by atoms with Crippen LogP contribution in [-0.4, -0.2) is 180 Å². The summed E-state index contributed by atoms with van der Waals surface area (Å²) in [6.07, 6.45) is -0.410. The van der Waals surface area contributed by atoms with Gasteiger partial charge in [-0.1, -0.05) is 239 Å². The summed E-state index contributed by atoms with van der Waals surface area (Å²) in [6.45, 7) is 78.8. The minimum Gasteiger partial charge on any atom is -0.466 e. The molecule has 0 aliphatic carbocycles. The Hall–Kier alpha value is -8.17. The second kappa shape index (κ2) is 67.4. The van der Waals surface area contributed by atoms with Gasteiger partial charge in [0.15, 0.2) is 39.8 Å². The van der Waals surface area contributed by atoms with Crippen molar-refractivity contribution in [1.82, 2.24) is 0 Å². The molecule has 0 saturated heterocycles. The SMILES string of the molecule is CC(=O)OC(C)(C)C.CCC(=O)Cl.CCOC(=O)C(C)(C)C(=O)CC.CCOC(=O)C(C)(C)C(=O)[C@H](C)[C@@H](O)[C@@H](C)COCc1ccccc1.CCOC(=O)C(C)(C)C(=O)[C@H](C)[C@H](O[Si](C)(C)C(C)(C)C)[C@@H](C)COCc1ccccc1.CCOC(=O)C(C)C.C[C@@H](COCc1ccccc1)[C@@H](O[Si](C)(C)C(C)(C)C)[C@@H](C)C(=O)C(C)(C)C(=O)CC(=O)OC(C)(C)C.C[C@H](C=O)COCc1ccccc1. The monoisotopic (exact) mass is 2020 g/mol. The average Bonchev–Trinajstić information content (AvgIpc) is 0.799. The number of rotatable bonds is 47. The van der Waals surface area contributed by atoms with Gasteiger partial charge in [0.2, 0.25) is 5.24 Å². The van der Waals surface area contributed by atoms with Gasteiger partial charge >= 0.3 is 35.8 Å². The summed E-state index contributed by atoms with van der Waals surface area (Å²) >= 11 is 4.82. The first-order valence-corrected chi connectivity index (χ1v) is 55.3. The highest BCUT2D eigenvalue weighted by Crippen LogP contribution is 2.43. The molecule has 29 heteroatoms. The third kappa shape index (κ3) is 56.2. The van der Waals surface area contributed by atoms with Gasteiger partial charge in [-0.15, -0.1) is 0 Å². The number of halogens is 1. The maximum atomic E-state index is 13.8. The quantitative estimate of drug-likeness (QED) is 0.0107. The lowest BCUT2D eigenvalue weighted by Gasteiger charge is -2.43. The molecule has 0 unspecified atom stereocenters. The van der Waals surface area contributed by atoms with Crippen molar-refractivity contribution in [2.45, 2.75) is 361 Å². The molecule has 26 nitrogen and oxygen atoms in total. The molecule has 4 rings (SSSR count). The number of ketones is 5. The van der Waals surface area contributed by atoms with Crippen molar-refractivity contribution in [2.75, 3.05) is 52.9 Å². The number of aliphatic hydroxyl groups is 1. The normalized spacial score (nSPS) is 14.0. The lowest BCUT2D eigenvalue weighted by atomic mass is 9.74. The van der Waals surface area contributed by atoms with Gasteiger partial charge in [-0.2, -0.15) is 0 Å². The molecule has 1 N–H and O–H groups in total. The summed E-state index contributed by atoms with van der Waals surface area (Å²) in [7, 11) is -4.42. The third-order valence-corrected chi connectivity index (χ3v) is 32.5. The van der Waals surface area contributed by atoms with Gasteiger partial charge in [-0.25, -0.2) is 0 Å². The molecule has 0 aromatic heterocycles. The van der Waals surface area contributed by atoms with Crippen molar-refractivity contribution in [3.05, 3.63) is 144 Å². The van der Waals surface area contributed by atoms with Crippen LogP contribution in [0.15, 0.2) is 121 Å². The molecule has 140 heavy (non-hydrogen) atoms. The van der Waals surface area contributed by atoms with Crippen LogP contribution in [0.1, 0.15) is 291 Å². The zero-order chi connectivity index (χ0) is 110. The number of Topliss-reactive ketones (excluding diaryl/α,β-unsaturated/α-hetero) is 5. The number of ether oxygens (including phenoxy) is 10. The Morgan fingerprint density at radius 2 is 0.650 bits per heavy atom. The first-order valence-electron chi connectivity index (χ1n) is 49.1. The molecule has 0 bridgehead atoms. The molecule has 0 amide bonds. The topological polar surface area (TPSA) is 353 Å². The van der Waals surface area contributed by atoms with Crippen molar-refractivity contribution in [2.24, 2.45) is 69.0 Å². The van der Waals surface area contributed by atoms with Crippen LogP contribution in [0.3, 0.4) is 0 Å². The van der Waals surface area contributed by atoms with E-state index in [1.54, 1.807) is 111 Å². The van der Waals surface area contributed by atoms with Crippen LogP contribution < -0.4 is 0 Å². The highest BCUT2D eigenvalue weighted by atomic mass is 35.5. The molecule has 4 aromatic carbocycles. The molecule has 0 aliphatic rings. The summed E-state index contributed by atoms with van der Waals surface area (Å²) in [5.41, 5.74) is -1.49. The van der Waals surface area contributed by atoms with Gasteiger partial charge < -0.3 is 66.1 Å². The molecule has 0 radical (unpaired) electrons. The van der Waals surface area contributed by atoms with Crippen molar-refractivity contribution >= 4 is 104 Å². The lowest BCUT2D eigenvalue weighted by Crippen LogP contribution is -2.51. The van der Waals surface area contributed by atoms with E-state index in [-0.39, 0.29) is 105 Å². The third-order valence-electron chi connectivity index (χ3n) is 23.2. The van der Waals surface area contributed by atoms with Crippen LogP contribution >= 0.6 is 11.6 Å². The highest BCUT2D eigenvalue weighted by Gasteiger charge is 2.50. The maximum absolute atomic E-state index is 13.8. The predicted octanol–water partition coefficient (Wildman–Crippen LogP) is 23.1. The van der Waals surface area contributed by atoms with E-state index >= 15 is 0 Å². The number of carbonyl (C=O) groups is 13. The molecular formula is C111H183ClO26Si2. The van der Waals surface area contributed by atoms with E-state index in [1.807, 2.05) is 191 Å². The molecule has 0 fully saturated rings. The number of benzene rings is 4. The Labute approximate surface area is 849 Å². The molecule has 4 aromatic rings. The van der Waals surface area contributed by atoms with Crippen LogP contribution in [0, 0.1) is 69.0 Å². The molecule has 798 valence electrons. The van der Waals surface area contributed by atoms with Gasteiger partial charge in [0.25, 0.3) is 0 Å². The smallest absolute Gasteiger partial charge is 0.319 e. The van der Waals surface area contributed by atoms with E-state index in [0.29, 0.717) is 78.9 Å². The van der Waals surface area contributed by atoms with Gasteiger partial charge in [0.05, 0.1) is 109 Å². The largest absolute Gasteiger partial charge is 0.466 e. The number of esters is 6. The predicted molar refractivity (Wildman–Crippen MR) is 560 cm³/mol. The average molecular weight is 2030 g/mol. The molecule has 0 saturated carbocycles. The highest BCUT2D eigenvalue weighted by molar-refractivity contribution is 6.74. The lowest BCUT2D eigenvalue weighted by molar-refractivity contribution is -0.162.